The lowest BCUT2D eigenvalue weighted by Crippen LogP contribution is -2.43. The van der Waals surface area contributed by atoms with Crippen LogP contribution in [0.1, 0.15) is 32.6 Å². The SMILES string of the molecule is CCCn1cc(NC(=O)[C@H]2CCCCN2)ccc1=O. The Balaban J connectivity index is 2.03. The third kappa shape index (κ3) is 3.67. The van der Waals surface area contributed by atoms with Gasteiger partial charge in [-0.05, 0) is 31.9 Å². The molecule has 0 spiro atoms. The topological polar surface area (TPSA) is 63.1 Å². The molecular weight excluding hydrogens is 242 g/mol. The fourth-order valence-electron chi connectivity index (χ4n) is 2.33. The molecule has 5 nitrogen and oxygen atoms in total. The van der Waals surface area contributed by atoms with Crippen molar-refractivity contribution in [1.82, 2.24) is 9.88 Å². The van der Waals surface area contributed by atoms with Crippen molar-refractivity contribution >= 4 is 11.6 Å². The van der Waals surface area contributed by atoms with Crippen molar-refractivity contribution in [3.8, 4) is 0 Å². The van der Waals surface area contributed by atoms with Gasteiger partial charge in [0.2, 0.25) is 5.91 Å². The summed E-state index contributed by atoms with van der Waals surface area (Å²) in [7, 11) is 0. The van der Waals surface area contributed by atoms with Crippen LogP contribution in [0.5, 0.6) is 0 Å². The monoisotopic (exact) mass is 263 g/mol. The number of aromatic nitrogens is 1. The van der Waals surface area contributed by atoms with Gasteiger partial charge in [0.05, 0.1) is 11.7 Å². The van der Waals surface area contributed by atoms with Crippen LogP contribution in [-0.2, 0) is 11.3 Å². The summed E-state index contributed by atoms with van der Waals surface area (Å²) in [6, 6.07) is 3.05. The van der Waals surface area contributed by atoms with Gasteiger partial charge in [0.25, 0.3) is 5.56 Å². The molecule has 1 aliphatic rings. The van der Waals surface area contributed by atoms with E-state index in [0.29, 0.717) is 12.2 Å². The molecule has 1 fully saturated rings. The molecule has 0 bridgehead atoms. The molecule has 0 saturated carbocycles. The van der Waals surface area contributed by atoms with Gasteiger partial charge in [-0.15, -0.1) is 0 Å². The lowest BCUT2D eigenvalue weighted by atomic mass is 10.0. The van der Waals surface area contributed by atoms with Gasteiger partial charge in [-0.3, -0.25) is 9.59 Å². The molecular formula is C14H21N3O2. The first-order valence-corrected chi connectivity index (χ1v) is 6.95. The van der Waals surface area contributed by atoms with Crippen molar-refractivity contribution in [2.24, 2.45) is 0 Å². The Hall–Kier alpha value is -1.62. The predicted octanol–water partition coefficient (Wildman–Crippen LogP) is 1.34. The number of amides is 1. The van der Waals surface area contributed by atoms with Crippen LogP contribution < -0.4 is 16.2 Å². The summed E-state index contributed by atoms with van der Waals surface area (Å²) >= 11 is 0. The standard InChI is InChI=1S/C14H21N3O2/c1-2-9-17-10-11(6-7-13(17)18)16-14(19)12-5-3-4-8-15-12/h6-7,10,12,15H,2-5,8-9H2,1H3,(H,16,19)/t12-/m1/s1. The Bertz CT molecular complexity index is 490. The second-order valence-corrected chi connectivity index (χ2v) is 4.94. The van der Waals surface area contributed by atoms with Crippen molar-refractivity contribution < 1.29 is 4.79 Å². The van der Waals surface area contributed by atoms with Crippen LogP contribution >= 0.6 is 0 Å². The predicted molar refractivity (Wildman–Crippen MR) is 75.3 cm³/mol. The molecule has 5 heteroatoms. The summed E-state index contributed by atoms with van der Waals surface area (Å²) in [4.78, 5) is 23.6. The summed E-state index contributed by atoms with van der Waals surface area (Å²) in [5, 5.41) is 6.09. The highest BCUT2D eigenvalue weighted by Gasteiger charge is 2.20. The minimum Gasteiger partial charge on any atom is -0.323 e. The Morgan fingerprint density at radius 3 is 3.00 bits per heavy atom. The van der Waals surface area contributed by atoms with E-state index in [-0.39, 0.29) is 17.5 Å². The first-order chi connectivity index (χ1) is 9.20. The fraction of sp³-hybridized carbons (Fsp3) is 0.571. The van der Waals surface area contributed by atoms with Crippen molar-refractivity contribution in [1.29, 1.82) is 0 Å². The highest BCUT2D eigenvalue weighted by Crippen LogP contribution is 2.10. The molecule has 1 amide bonds. The number of nitrogens with one attached hydrogen (secondary N) is 2. The molecule has 19 heavy (non-hydrogen) atoms. The molecule has 2 heterocycles. The number of rotatable bonds is 4. The number of hydrogen-bond donors (Lipinski definition) is 2. The van der Waals surface area contributed by atoms with Gasteiger partial charge in [0, 0.05) is 18.8 Å². The highest BCUT2D eigenvalue weighted by atomic mass is 16.2. The molecule has 2 rings (SSSR count). The first-order valence-electron chi connectivity index (χ1n) is 6.95. The number of piperidine rings is 1. The summed E-state index contributed by atoms with van der Waals surface area (Å²) in [6.45, 7) is 3.58. The van der Waals surface area contributed by atoms with E-state index >= 15 is 0 Å². The minimum atomic E-state index is -0.111. The minimum absolute atomic E-state index is 0.0126. The quantitative estimate of drug-likeness (QED) is 0.861. The van der Waals surface area contributed by atoms with Crippen LogP contribution in [0.4, 0.5) is 5.69 Å². The lowest BCUT2D eigenvalue weighted by molar-refractivity contribution is -0.118. The van der Waals surface area contributed by atoms with E-state index < -0.39 is 0 Å². The molecule has 1 saturated heterocycles. The van der Waals surface area contributed by atoms with Crippen LogP contribution in [0.3, 0.4) is 0 Å². The molecule has 0 aliphatic carbocycles. The van der Waals surface area contributed by atoms with Gasteiger partial charge in [-0.25, -0.2) is 0 Å². The molecule has 0 unspecified atom stereocenters. The molecule has 0 aromatic carbocycles. The van der Waals surface area contributed by atoms with Crippen molar-refractivity contribution in [3.63, 3.8) is 0 Å². The Kier molecular flexibility index (Phi) is 4.74. The van der Waals surface area contributed by atoms with Crippen molar-refractivity contribution in [3.05, 3.63) is 28.7 Å². The zero-order chi connectivity index (χ0) is 13.7. The number of anilines is 1. The number of carbonyl (C=O) groups excluding carboxylic acids is 1. The normalized spacial score (nSPS) is 19.1. The van der Waals surface area contributed by atoms with E-state index in [9.17, 15) is 9.59 Å². The summed E-state index contributed by atoms with van der Waals surface area (Å²) in [5.41, 5.74) is 0.654. The average molecular weight is 263 g/mol. The zero-order valence-corrected chi connectivity index (χ0v) is 11.3. The third-order valence-corrected chi connectivity index (χ3v) is 3.34. The Labute approximate surface area is 113 Å². The van der Waals surface area contributed by atoms with Gasteiger partial charge in [0.1, 0.15) is 0 Å². The average Bonchev–Trinajstić information content (AvgIpc) is 2.44. The van der Waals surface area contributed by atoms with E-state index in [0.717, 1.165) is 32.2 Å². The maximum Gasteiger partial charge on any atom is 0.250 e. The van der Waals surface area contributed by atoms with Crippen LogP contribution in [0.25, 0.3) is 0 Å². The number of pyridine rings is 1. The number of aryl methyl sites for hydroxylation is 1. The largest absolute Gasteiger partial charge is 0.323 e. The van der Waals surface area contributed by atoms with E-state index in [1.807, 2.05) is 6.92 Å². The van der Waals surface area contributed by atoms with Gasteiger partial charge < -0.3 is 15.2 Å². The van der Waals surface area contributed by atoms with Crippen molar-refractivity contribution in [2.45, 2.75) is 45.2 Å². The fourth-order valence-corrected chi connectivity index (χ4v) is 2.33. The number of carbonyl (C=O) groups is 1. The smallest absolute Gasteiger partial charge is 0.250 e. The second kappa shape index (κ2) is 6.52. The van der Waals surface area contributed by atoms with Crippen LogP contribution in [0.2, 0.25) is 0 Å². The maximum atomic E-state index is 12.1. The van der Waals surface area contributed by atoms with Gasteiger partial charge in [-0.2, -0.15) is 0 Å². The van der Waals surface area contributed by atoms with Crippen LogP contribution in [-0.4, -0.2) is 23.1 Å². The molecule has 1 aromatic heterocycles. The van der Waals surface area contributed by atoms with Gasteiger partial charge in [0.15, 0.2) is 0 Å². The molecule has 1 aliphatic heterocycles. The summed E-state index contributed by atoms with van der Waals surface area (Å²) in [5.74, 6) is -0.0126. The van der Waals surface area contributed by atoms with E-state index in [4.69, 9.17) is 0 Å². The third-order valence-electron chi connectivity index (χ3n) is 3.34. The van der Waals surface area contributed by atoms with E-state index in [1.54, 1.807) is 16.8 Å². The molecule has 1 atom stereocenters. The Morgan fingerprint density at radius 2 is 2.32 bits per heavy atom. The molecule has 104 valence electrons. The van der Waals surface area contributed by atoms with Gasteiger partial charge >= 0.3 is 0 Å². The maximum absolute atomic E-state index is 12.1. The van der Waals surface area contributed by atoms with E-state index in [1.165, 1.54) is 6.07 Å². The Morgan fingerprint density at radius 1 is 1.47 bits per heavy atom. The van der Waals surface area contributed by atoms with Crippen molar-refractivity contribution in [2.75, 3.05) is 11.9 Å². The number of nitrogens with zero attached hydrogens (tertiary/aromatic N) is 1. The summed E-state index contributed by atoms with van der Waals surface area (Å²) in [6.07, 6.45) is 5.69. The first kappa shape index (κ1) is 13.8. The molecule has 0 radical (unpaired) electrons. The highest BCUT2D eigenvalue weighted by molar-refractivity contribution is 5.94. The summed E-state index contributed by atoms with van der Waals surface area (Å²) < 4.78 is 1.63. The number of hydrogen-bond acceptors (Lipinski definition) is 3. The van der Waals surface area contributed by atoms with Gasteiger partial charge in [-0.1, -0.05) is 13.3 Å². The lowest BCUT2D eigenvalue weighted by Gasteiger charge is -2.22. The molecule has 2 N–H and O–H groups in total. The van der Waals surface area contributed by atoms with E-state index in [2.05, 4.69) is 10.6 Å². The second-order valence-electron chi connectivity index (χ2n) is 4.94. The molecule has 1 aromatic rings. The van der Waals surface area contributed by atoms with Crippen LogP contribution in [0.15, 0.2) is 23.1 Å². The van der Waals surface area contributed by atoms with Crippen LogP contribution in [0, 0.1) is 0 Å². The zero-order valence-electron chi connectivity index (χ0n) is 11.3.